The fourth-order valence-electron chi connectivity index (χ4n) is 1.60. The fraction of sp³-hybridized carbons (Fsp3) is 0.308. The summed E-state index contributed by atoms with van der Waals surface area (Å²) >= 11 is 9.21. The van der Waals surface area contributed by atoms with E-state index < -0.39 is 0 Å². The molecular formula is C13H14ClN2OS2. The minimum atomic E-state index is -0.237. The summed E-state index contributed by atoms with van der Waals surface area (Å²) in [6, 6.07) is 8.40. The number of thioether (sulfide) groups is 1. The number of aliphatic hydroxyl groups is 1. The maximum atomic E-state index is 9.12. The molecule has 0 aliphatic rings. The van der Waals surface area contributed by atoms with Gasteiger partial charge >= 0.3 is 0 Å². The molecule has 19 heavy (non-hydrogen) atoms. The van der Waals surface area contributed by atoms with Crippen molar-refractivity contribution in [2.45, 2.75) is 22.6 Å². The van der Waals surface area contributed by atoms with Gasteiger partial charge in [-0.2, -0.15) is 0 Å². The third kappa shape index (κ3) is 4.47. The zero-order valence-corrected chi connectivity index (χ0v) is 12.5. The number of aliphatic hydroxyl groups excluding tert-OH is 1. The average Bonchev–Trinajstić information content (AvgIpc) is 2.91. The number of nitrogens with two attached hydrogens (primary N) is 1. The molecule has 1 aromatic carbocycles. The molecule has 0 saturated heterocycles. The summed E-state index contributed by atoms with van der Waals surface area (Å²) in [5.74, 6) is 0. The smallest absolute Gasteiger partial charge is 0.0794 e. The number of hydrogen-bond acceptors (Lipinski definition) is 5. The molecule has 2 atom stereocenters. The minimum Gasteiger partial charge on any atom is -0.395 e. The van der Waals surface area contributed by atoms with Crippen molar-refractivity contribution in [1.82, 2.24) is 4.98 Å². The van der Waals surface area contributed by atoms with E-state index in [-0.39, 0.29) is 17.9 Å². The van der Waals surface area contributed by atoms with Gasteiger partial charge in [-0.25, -0.2) is 0 Å². The number of halogens is 1. The third-order valence-electron chi connectivity index (χ3n) is 2.53. The highest BCUT2D eigenvalue weighted by Crippen LogP contribution is 2.40. The first kappa shape index (κ1) is 14.8. The number of hydrogen-bond donors (Lipinski definition) is 2. The van der Waals surface area contributed by atoms with Crippen LogP contribution < -0.4 is 5.73 Å². The summed E-state index contributed by atoms with van der Waals surface area (Å²) in [7, 11) is 0. The molecule has 0 saturated carbocycles. The van der Waals surface area contributed by atoms with E-state index in [9.17, 15) is 0 Å². The Morgan fingerprint density at radius 2 is 2.42 bits per heavy atom. The predicted octanol–water partition coefficient (Wildman–Crippen LogP) is 3.14. The van der Waals surface area contributed by atoms with Gasteiger partial charge in [0.15, 0.2) is 0 Å². The summed E-state index contributed by atoms with van der Waals surface area (Å²) in [5, 5.41) is 9.96. The largest absolute Gasteiger partial charge is 0.395 e. The molecule has 1 heterocycles. The molecule has 2 rings (SSSR count). The van der Waals surface area contributed by atoms with Gasteiger partial charge in [0.1, 0.15) is 0 Å². The van der Waals surface area contributed by atoms with Gasteiger partial charge in [-0.05, 0) is 24.6 Å². The summed E-state index contributed by atoms with van der Waals surface area (Å²) < 4.78 is 0. The second-order valence-corrected chi connectivity index (χ2v) is 6.66. The first-order valence-corrected chi connectivity index (χ1v) is 7.91. The van der Waals surface area contributed by atoms with Gasteiger partial charge < -0.3 is 10.8 Å². The lowest BCUT2D eigenvalue weighted by molar-refractivity contribution is 0.260. The normalized spacial score (nSPS) is 14.3. The van der Waals surface area contributed by atoms with Crippen LogP contribution in [0.1, 0.15) is 16.5 Å². The van der Waals surface area contributed by atoms with E-state index in [1.54, 1.807) is 40.7 Å². The number of nitrogens with zero attached hydrogens (tertiary/aromatic N) is 1. The van der Waals surface area contributed by atoms with Crippen molar-refractivity contribution in [2.75, 3.05) is 6.61 Å². The molecule has 0 bridgehead atoms. The van der Waals surface area contributed by atoms with Crippen LogP contribution in [0.4, 0.5) is 0 Å². The molecule has 0 spiro atoms. The standard InChI is InChI=1S/C13H14ClN2OS2/c14-9-2-1-3-11(4-9)19-12(5-10(15)7-17)13-6-16-8-18-13/h1-2,4,6,8,10,12,17H,5,7,15H2/t10-,12+/m0/s1. The van der Waals surface area contributed by atoms with Gasteiger partial charge in [-0.3, -0.25) is 4.98 Å². The van der Waals surface area contributed by atoms with Crippen molar-refractivity contribution in [3.8, 4) is 0 Å². The van der Waals surface area contributed by atoms with Gasteiger partial charge in [0, 0.05) is 32.3 Å². The van der Waals surface area contributed by atoms with Crippen molar-refractivity contribution in [3.63, 3.8) is 0 Å². The number of thiazole rings is 1. The molecule has 0 amide bonds. The highest BCUT2D eigenvalue weighted by molar-refractivity contribution is 7.99. The van der Waals surface area contributed by atoms with Crippen molar-refractivity contribution in [3.05, 3.63) is 45.9 Å². The van der Waals surface area contributed by atoms with Crippen LogP contribution in [-0.4, -0.2) is 22.7 Å². The van der Waals surface area contributed by atoms with Gasteiger partial charge in [0.2, 0.25) is 0 Å². The van der Waals surface area contributed by atoms with Crippen LogP contribution in [0.25, 0.3) is 0 Å². The maximum Gasteiger partial charge on any atom is 0.0794 e. The first-order valence-electron chi connectivity index (χ1n) is 5.77. The van der Waals surface area contributed by atoms with E-state index in [1.807, 2.05) is 12.3 Å². The molecule has 6 heteroatoms. The third-order valence-corrected chi connectivity index (χ3v) is 5.02. The molecule has 1 radical (unpaired) electrons. The van der Waals surface area contributed by atoms with Crippen LogP contribution >= 0.6 is 34.7 Å². The topological polar surface area (TPSA) is 59.1 Å². The van der Waals surface area contributed by atoms with Gasteiger partial charge in [-0.1, -0.05) is 17.7 Å². The Bertz CT molecular complexity index is 507. The second kappa shape index (κ2) is 7.26. The number of aromatic nitrogens is 1. The van der Waals surface area contributed by atoms with E-state index >= 15 is 0 Å². The van der Waals surface area contributed by atoms with Crippen molar-refractivity contribution >= 4 is 34.7 Å². The number of rotatable bonds is 6. The van der Waals surface area contributed by atoms with Crippen LogP contribution in [-0.2, 0) is 0 Å². The van der Waals surface area contributed by atoms with Crippen molar-refractivity contribution in [1.29, 1.82) is 0 Å². The zero-order valence-electron chi connectivity index (χ0n) is 10.1. The Morgan fingerprint density at radius 1 is 1.58 bits per heavy atom. The van der Waals surface area contributed by atoms with Gasteiger partial charge in [0.05, 0.1) is 12.1 Å². The summed E-state index contributed by atoms with van der Waals surface area (Å²) in [5.41, 5.74) is 7.65. The molecule has 0 aliphatic carbocycles. The number of benzene rings is 1. The summed E-state index contributed by atoms with van der Waals surface area (Å²) in [6.07, 6.45) is 2.53. The van der Waals surface area contributed by atoms with E-state index in [1.165, 1.54) is 0 Å². The molecule has 1 aromatic heterocycles. The quantitative estimate of drug-likeness (QED) is 0.804. The Morgan fingerprint density at radius 3 is 3.05 bits per heavy atom. The van der Waals surface area contributed by atoms with E-state index in [4.69, 9.17) is 22.4 Å². The second-order valence-electron chi connectivity index (χ2n) is 4.06. The van der Waals surface area contributed by atoms with Gasteiger partial charge in [0.25, 0.3) is 0 Å². The first-order chi connectivity index (χ1) is 9.19. The molecule has 101 valence electrons. The van der Waals surface area contributed by atoms with Gasteiger partial charge in [-0.15, -0.1) is 23.1 Å². The Balaban J connectivity index is 2.14. The molecular weight excluding hydrogens is 300 g/mol. The van der Waals surface area contributed by atoms with Crippen LogP contribution in [0, 0.1) is 6.07 Å². The molecule has 0 unspecified atom stereocenters. The zero-order chi connectivity index (χ0) is 13.7. The van der Waals surface area contributed by atoms with Crippen molar-refractivity contribution in [2.24, 2.45) is 5.73 Å². The average molecular weight is 314 g/mol. The fourth-order valence-corrected chi connectivity index (χ4v) is 3.92. The van der Waals surface area contributed by atoms with Crippen LogP contribution in [0.2, 0.25) is 5.02 Å². The summed E-state index contributed by atoms with van der Waals surface area (Å²) in [6.45, 7) is -0.0187. The Hall–Kier alpha value is -0.590. The SMILES string of the molecule is N[C@H](CO)C[C@@H](Sc1[c]ccc(Cl)c1)c1cncs1. The van der Waals surface area contributed by atoms with Crippen molar-refractivity contribution < 1.29 is 5.11 Å². The maximum absolute atomic E-state index is 9.12. The Kier molecular flexibility index (Phi) is 5.66. The van der Waals surface area contributed by atoms with Crippen LogP contribution in [0.5, 0.6) is 0 Å². The van der Waals surface area contributed by atoms with E-state index in [0.717, 1.165) is 9.77 Å². The minimum absolute atomic E-state index is 0.0187. The molecule has 3 nitrogen and oxygen atoms in total. The lowest BCUT2D eigenvalue weighted by atomic mass is 10.1. The van der Waals surface area contributed by atoms with Crippen LogP contribution in [0.3, 0.4) is 0 Å². The molecule has 0 aliphatic heterocycles. The van der Waals surface area contributed by atoms with E-state index in [2.05, 4.69) is 11.1 Å². The highest BCUT2D eigenvalue weighted by Gasteiger charge is 2.18. The molecule has 3 N–H and O–H groups in total. The Labute approximate surface area is 125 Å². The monoisotopic (exact) mass is 313 g/mol. The summed E-state index contributed by atoms with van der Waals surface area (Å²) in [4.78, 5) is 6.21. The predicted molar refractivity (Wildman–Crippen MR) is 80.7 cm³/mol. The molecule has 0 fully saturated rings. The van der Waals surface area contributed by atoms with E-state index in [0.29, 0.717) is 11.4 Å². The van der Waals surface area contributed by atoms with Crippen LogP contribution in [0.15, 0.2) is 34.8 Å². The highest BCUT2D eigenvalue weighted by atomic mass is 35.5. The molecule has 2 aromatic rings. The lowest BCUT2D eigenvalue weighted by Crippen LogP contribution is -2.25. The lowest BCUT2D eigenvalue weighted by Gasteiger charge is -2.18.